The summed E-state index contributed by atoms with van der Waals surface area (Å²) in [5.41, 5.74) is 5.63. The molecule has 0 saturated heterocycles. The summed E-state index contributed by atoms with van der Waals surface area (Å²) < 4.78 is 5.17. The predicted molar refractivity (Wildman–Crippen MR) is 91.1 cm³/mol. The lowest BCUT2D eigenvalue weighted by Gasteiger charge is -2.19. The number of ether oxygens (including phenoxy) is 1. The lowest BCUT2D eigenvalue weighted by atomic mass is 9.94. The molecule has 1 aromatic carbocycles. The van der Waals surface area contributed by atoms with E-state index in [1.807, 2.05) is 20.8 Å². The summed E-state index contributed by atoms with van der Waals surface area (Å²) in [6, 6.07) is 2.19. The molecular weight excluding hydrogens is 274 g/mol. The van der Waals surface area contributed by atoms with Crippen LogP contribution >= 0.6 is 0 Å². The minimum absolute atomic E-state index is 0.395. The van der Waals surface area contributed by atoms with Crippen molar-refractivity contribution in [3.8, 4) is 11.8 Å². The Bertz CT molecular complexity index is 587. The minimum Gasteiger partial charge on any atom is -0.444 e. The third-order valence-corrected chi connectivity index (χ3v) is 3.50. The van der Waals surface area contributed by atoms with Gasteiger partial charge in [0.1, 0.15) is 5.60 Å². The van der Waals surface area contributed by atoms with Crippen LogP contribution in [0.4, 0.5) is 4.79 Å². The fourth-order valence-electron chi connectivity index (χ4n) is 2.10. The molecule has 0 saturated carbocycles. The molecule has 1 aromatic rings. The fraction of sp³-hybridized carbons (Fsp3) is 0.526. The Morgan fingerprint density at radius 1 is 1.14 bits per heavy atom. The van der Waals surface area contributed by atoms with Crippen LogP contribution in [0.2, 0.25) is 0 Å². The molecule has 0 aliphatic heterocycles. The normalized spacial score (nSPS) is 10.7. The highest BCUT2D eigenvalue weighted by Crippen LogP contribution is 2.20. The molecular formula is C19H27NO2. The molecule has 1 amide bonds. The highest BCUT2D eigenvalue weighted by atomic mass is 16.6. The van der Waals surface area contributed by atoms with Crippen LogP contribution in [0.3, 0.4) is 0 Å². The minimum atomic E-state index is -0.469. The fourth-order valence-corrected chi connectivity index (χ4v) is 2.10. The average molecular weight is 301 g/mol. The maximum atomic E-state index is 11.5. The van der Waals surface area contributed by atoms with E-state index in [4.69, 9.17) is 4.74 Å². The smallest absolute Gasteiger partial charge is 0.407 e. The van der Waals surface area contributed by atoms with Gasteiger partial charge in [0.2, 0.25) is 0 Å². The molecule has 3 heteroatoms. The first-order chi connectivity index (χ1) is 10.1. The molecule has 0 heterocycles. The second kappa shape index (κ2) is 7.35. The molecule has 0 radical (unpaired) electrons. The number of aryl methyl sites for hydroxylation is 2. The number of benzene rings is 1. The number of hydrogen-bond acceptors (Lipinski definition) is 2. The number of carbonyl (C=O) groups excluding carboxylic acids is 1. The Labute approximate surface area is 134 Å². The first-order valence-corrected chi connectivity index (χ1v) is 7.65. The Morgan fingerprint density at radius 2 is 1.68 bits per heavy atom. The highest BCUT2D eigenvalue weighted by molar-refractivity contribution is 5.67. The van der Waals surface area contributed by atoms with Gasteiger partial charge in [0.15, 0.2) is 0 Å². The second-order valence-electron chi connectivity index (χ2n) is 6.62. The van der Waals surface area contributed by atoms with Crippen LogP contribution in [0.15, 0.2) is 6.07 Å². The van der Waals surface area contributed by atoms with E-state index < -0.39 is 11.7 Å². The summed E-state index contributed by atoms with van der Waals surface area (Å²) in [6.45, 7) is 14.4. The summed E-state index contributed by atoms with van der Waals surface area (Å²) in [4.78, 5) is 11.5. The predicted octanol–water partition coefficient (Wildman–Crippen LogP) is 4.19. The lowest BCUT2D eigenvalue weighted by molar-refractivity contribution is 0.0529. The maximum Gasteiger partial charge on any atom is 0.407 e. The Hall–Kier alpha value is -1.95. The van der Waals surface area contributed by atoms with Crippen molar-refractivity contribution in [2.24, 2.45) is 0 Å². The van der Waals surface area contributed by atoms with Gasteiger partial charge < -0.3 is 10.1 Å². The van der Waals surface area contributed by atoms with E-state index in [-0.39, 0.29) is 0 Å². The van der Waals surface area contributed by atoms with Gasteiger partial charge in [0.25, 0.3) is 0 Å². The van der Waals surface area contributed by atoms with Gasteiger partial charge in [-0.1, -0.05) is 17.9 Å². The number of amides is 1. The van der Waals surface area contributed by atoms with Gasteiger partial charge in [0.05, 0.1) is 0 Å². The summed E-state index contributed by atoms with van der Waals surface area (Å²) in [5, 5.41) is 2.71. The molecule has 0 fully saturated rings. The van der Waals surface area contributed by atoms with Gasteiger partial charge in [-0.05, 0) is 70.7 Å². The largest absolute Gasteiger partial charge is 0.444 e. The van der Waals surface area contributed by atoms with Crippen molar-refractivity contribution in [2.75, 3.05) is 6.54 Å². The number of rotatable bonds is 2. The lowest BCUT2D eigenvalue weighted by Crippen LogP contribution is -2.32. The third-order valence-electron chi connectivity index (χ3n) is 3.50. The summed E-state index contributed by atoms with van der Waals surface area (Å²) in [7, 11) is 0. The molecule has 0 aromatic heterocycles. The third kappa shape index (κ3) is 5.44. The molecule has 0 bridgehead atoms. The quantitative estimate of drug-likeness (QED) is 0.657. The maximum absolute atomic E-state index is 11.5. The van der Waals surface area contributed by atoms with Gasteiger partial charge in [-0.15, -0.1) is 0 Å². The van der Waals surface area contributed by atoms with Gasteiger partial charge >= 0.3 is 6.09 Å². The Morgan fingerprint density at radius 3 is 2.18 bits per heavy atom. The van der Waals surface area contributed by atoms with Crippen LogP contribution in [0.5, 0.6) is 0 Å². The molecule has 0 unspecified atom stereocenters. The first-order valence-electron chi connectivity index (χ1n) is 7.65. The van der Waals surface area contributed by atoms with Crippen molar-refractivity contribution in [2.45, 2.75) is 60.5 Å². The second-order valence-corrected chi connectivity index (χ2v) is 6.62. The van der Waals surface area contributed by atoms with E-state index in [9.17, 15) is 4.79 Å². The van der Waals surface area contributed by atoms with Crippen molar-refractivity contribution < 1.29 is 9.53 Å². The SMILES string of the molecule is Cc1cc(C)c(C)c(C#CCCNC(=O)OC(C)(C)C)c1C. The van der Waals surface area contributed by atoms with Crippen molar-refractivity contribution in [3.63, 3.8) is 0 Å². The molecule has 1 N–H and O–H groups in total. The first kappa shape index (κ1) is 18.1. The zero-order chi connectivity index (χ0) is 16.9. The molecule has 0 atom stereocenters. The van der Waals surface area contributed by atoms with Crippen molar-refractivity contribution >= 4 is 6.09 Å². The van der Waals surface area contributed by atoms with Crippen LogP contribution in [0.1, 0.15) is 55.0 Å². The van der Waals surface area contributed by atoms with Crippen molar-refractivity contribution in [1.82, 2.24) is 5.32 Å². The number of carbonyl (C=O) groups is 1. The Kier molecular flexibility index (Phi) is 6.05. The Balaban J connectivity index is 2.61. The number of hydrogen-bond donors (Lipinski definition) is 1. The van der Waals surface area contributed by atoms with E-state index in [0.29, 0.717) is 13.0 Å². The van der Waals surface area contributed by atoms with Crippen LogP contribution in [-0.2, 0) is 4.74 Å². The summed E-state index contributed by atoms with van der Waals surface area (Å²) in [6.07, 6.45) is 0.207. The van der Waals surface area contributed by atoms with E-state index in [2.05, 4.69) is 50.9 Å². The van der Waals surface area contributed by atoms with Crippen molar-refractivity contribution in [3.05, 3.63) is 33.9 Å². The molecule has 1 rings (SSSR count). The molecule has 0 aliphatic rings. The molecule has 3 nitrogen and oxygen atoms in total. The molecule has 120 valence electrons. The van der Waals surface area contributed by atoms with E-state index in [1.165, 1.54) is 22.3 Å². The number of nitrogens with one attached hydrogen (secondary N) is 1. The summed E-state index contributed by atoms with van der Waals surface area (Å²) >= 11 is 0. The van der Waals surface area contributed by atoms with Crippen LogP contribution < -0.4 is 5.32 Å². The van der Waals surface area contributed by atoms with Gasteiger partial charge in [0, 0.05) is 18.5 Å². The van der Waals surface area contributed by atoms with E-state index >= 15 is 0 Å². The zero-order valence-corrected chi connectivity index (χ0v) is 14.8. The standard InChI is InChI=1S/C19H27NO2/c1-13-12-14(2)16(4)17(15(13)3)10-8-9-11-20-18(21)22-19(5,6)7/h12H,9,11H2,1-7H3,(H,20,21). The van der Waals surface area contributed by atoms with Gasteiger partial charge in [-0.2, -0.15) is 0 Å². The van der Waals surface area contributed by atoms with E-state index in [0.717, 1.165) is 5.56 Å². The molecule has 0 spiro atoms. The van der Waals surface area contributed by atoms with Crippen molar-refractivity contribution in [1.29, 1.82) is 0 Å². The zero-order valence-electron chi connectivity index (χ0n) is 14.8. The van der Waals surface area contributed by atoms with E-state index in [1.54, 1.807) is 0 Å². The topological polar surface area (TPSA) is 38.3 Å². The van der Waals surface area contributed by atoms with Gasteiger partial charge in [-0.25, -0.2) is 4.79 Å². The van der Waals surface area contributed by atoms with Crippen LogP contribution in [-0.4, -0.2) is 18.2 Å². The monoisotopic (exact) mass is 301 g/mol. The van der Waals surface area contributed by atoms with Crippen LogP contribution in [0.25, 0.3) is 0 Å². The van der Waals surface area contributed by atoms with Gasteiger partial charge in [-0.3, -0.25) is 0 Å². The summed E-state index contributed by atoms with van der Waals surface area (Å²) in [5.74, 6) is 6.38. The average Bonchev–Trinajstić information content (AvgIpc) is 2.37. The molecule has 0 aliphatic carbocycles. The molecule has 22 heavy (non-hydrogen) atoms. The van der Waals surface area contributed by atoms with Crippen LogP contribution in [0, 0.1) is 39.5 Å². The number of alkyl carbamates (subject to hydrolysis) is 1. The highest BCUT2D eigenvalue weighted by Gasteiger charge is 2.15.